The third-order valence-corrected chi connectivity index (χ3v) is 4.23. The predicted molar refractivity (Wildman–Crippen MR) is 92.0 cm³/mol. The Kier molecular flexibility index (Phi) is 4.51. The average molecular weight is 344 g/mol. The Hall–Kier alpha value is -3.16. The average Bonchev–Trinajstić information content (AvgIpc) is 2.62. The first-order chi connectivity index (χ1) is 12.0. The van der Waals surface area contributed by atoms with E-state index in [2.05, 4.69) is 4.90 Å². The van der Waals surface area contributed by atoms with Crippen LogP contribution in [0.2, 0.25) is 0 Å². The summed E-state index contributed by atoms with van der Waals surface area (Å²) < 4.78 is 13.0. The van der Waals surface area contributed by atoms with Gasteiger partial charge in [-0.25, -0.2) is 4.39 Å². The van der Waals surface area contributed by atoms with Crippen LogP contribution in [-0.2, 0) is 0 Å². The Morgan fingerprint density at radius 3 is 2.32 bits per heavy atom. The number of anilines is 2. The Labute approximate surface area is 143 Å². The van der Waals surface area contributed by atoms with E-state index in [0.29, 0.717) is 26.2 Å². The minimum Gasteiger partial charge on any atom is -0.393 e. The molecule has 0 spiro atoms. The van der Waals surface area contributed by atoms with Crippen LogP contribution in [0.3, 0.4) is 0 Å². The Morgan fingerprint density at radius 2 is 1.72 bits per heavy atom. The van der Waals surface area contributed by atoms with E-state index in [9.17, 15) is 19.3 Å². The van der Waals surface area contributed by atoms with Gasteiger partial charge in [0.05, 0.1) is 4.92 Å². The van der Waals surface area contributed by atoms with Crippen molar-refractivity contribution in [3.8, 4) is 0 Å². The highest BCUT2D eigenvalue weighted by Crippen LogP contribution is 2.24. The monoisotopic (exact) mass is 344 g/mol. The molecule has 0 aromatic heterocycles. The van der Waals surface area contributed by atoms with Gasteiger partial charge in [-0.15, -0.1) is 0 Å². The van der Waals surface area contributed by atoms with Crippen molar-refractivity contribution in [2.45, 2.75) is 0 Å². The smallest absolute Gasteiger partial charge is 0.292 e. The number of benzene rings is 2. The van der Waals surface area contributed by atoms with Crippen LogP contribution in [0.5, 0.6) is 0 Å². The van der Waals surface area contributed by atoms with Crippen LogP contribution >= 0.6 is 0 Å². The number of halogens is 1. The Bertz CT molecular complexity index is 802. The molecule has 8 heteroatoms. The number of carbonyl (C=O) groups is 1. The number of nitrogen functional groups attached to an aromatic ring is 1. The summed E-state index contributed by atoms with van der Waals surface area (Å²) in [5.74, 6) is -0.552. The van der Waals surface area contributed by atoms with Gasteiger partial charge in [0.1, 0.15) is 11.5 Å². The van der Waals surface area contributed by atoms with Crippen LogP contribution in [0.15, 0.2) is 42.5 Å². The maximum atomic E-state index is 13.0. The van der Waals surface area contributed by atoms with E-state index in [0.717, 1.165) is 5.69 Å². The number of nitrogens with two attached hydrogens (primary N) is 1. The molecular weight excluding hydrogens is 327 g/mol. The lowest BCUT2D eigenvalue weighted by Crippen LogP contribution is -2.48. The maximum Gasteiger partial charge on any atom is 0.292 e. The number of nitro benzene ring substituents is 1. The number of hydrogen-bond donors (Lipinski definition) is 1. The second-order valence-electron chi connectivity index (χ2n) is 5.79. The topological polar surface area (TPSA) is 92.7 Å². The molecular formula is C17H17FN4O3. The standard InChI is InChI=1S/C17H17FN4O3/c18-13-2-4-14(5-3-13)20-7-9-21(10-8-20)17(23)12-1-6-15(19)16(11-12)22(24)25/h1-6,11H,7-10,19H2. The lowest BCUT2D eigenvalue weighted by molar-refractivity contribution is -0.383. The van der Waals surface area contributed by atoms with E-state index in [1.165, 1.54) is 30.3 Å². The summed E-state index contributed by atoms with van der Waals surface area (Å²) in [6.07, 6.45) is 0. The summed E-state index contributed by atoms with van der Waals surface area (Å²) in [7, 11) is 0. The van der Waals surface area contributed by atoms with Crippen molar-refractivity contribution in [1.82, 2.24) is 4.90 Å². The van der Waals surface area contributed by atoms with Crippen LogP contribution in [0.25, 0.3) is 0 Å². The fourth-order valence-corrected chi connectivity index (χ4v) is 2.84. The van der Waals surface area contributed by atoms with Crippen molar-refractivity contribution in [2.75, 3.05) is 36.8 Å². The second-order valence-corrected chi connectivity index (χ2v) is 5.79. The fraction of sp³-hybridized carbons (Fsp3) is 0.235. The molecule has 1 aliphatic rings. The van der Waals surface area contributed by atoms with Crippen molar-refractivity contribution >= 4 is 23.0 Å². The first kappa shape index (κ1) is 16.7. The molecule has 7 nitrogen and oxygen atoms in total. The predicted octanol–water partition coefficient (Wildman–Crippen LogP) is 2.28. The lowest BCUT2D eigenvalue weighted by Gasteiger charge is -2.36. The second kappa shape index (κ2) is 6.76. The third-order valence-electron chi connectivity index (χ3n) is 4.23. The summed E-state index contributed by atoms with van der Waals surface area (Å²) in [6, 6.07) is 10.3. The van der Waals surface area contributed by atoms with Gasteiger partial charge in [-0.2, -0.15) is 0 Å². The minimum absolute atomic E-state index is 0.0303. The van der Waals surface area contributed by atoms with Gasteiger partial charge in [0.25, 0.3) is 11.6 Å². The summed E-state index contributed by atoms with van der Waals surface area (Å²) in [5.41, 5.74) is 6.47. The van der Waals surface area contributed by atoms with Gasteiger partial charge in [0, 0.05) is 43.5 Å². The number of nitro groups is 1. The van der Waals surface area contributed by atoms with Gasteiger partial charge in [-0.3, -0.25) is 14.9 Å². The summed E-state index contributed by atoms with van der Waals surface area (Å²) in [6.45, 7) is 2.17. The molecule has 1 fully saturated rings. The van der Waals surface area contributed by atoms with Crippen molar-refractivity contribution in [3.63, 3.8) is 0 Å². The van der Waals surface area contributed by atoms with E-state index < -0.39 is 4.92 Å². The van der Waals surface area contributed by atoms with Crippen molar-refractivity contribution in [3.05, 3.63) is 64.0 Å². The highest BCUT2D eigenvalue weighted by Gasteiger charge is 2.24. The van der Waals surface area contributed by atoms with Crippen molar-refractivity contribution in [2.24, 2.45) is 0 Å². The van der Waals surface area contributed by atoms with E-state index in [-0.39, 0.29) is 28.7 Å². The van der Waals surface area contributed by atoms with Crippen LogP contribution in [0.4, 0.5) is 21.5 Å². The first-order valence-electron chi connectivity index (χ1n) is 7.79. The number of piperazine rings is 1. The normalized spacial score (nSPS) is 14.4. The number of amides is 1. The van der Waals surface area contributed by atoms with Crippen molar-refractivity contribution < 1.29 is 14.1 Å². The molecule has 3 rings (SSSR count). The Morgan fingerprint density at radius 1 is 1.08 bits per heavy atom. The van der Waals surface area contributed by atoms with Gasteiger partial charge in [-0.1, -0.05) is 0 Å². The zero-order valence-corrected chi connectivity index (χ0v) is 13.4. The first-order valence-corrected chi connectivity index (χ1v) is 7.79. The molecule has 130 valence electrons. The molecule has 1 heterocycles. The van der Waals surface area contributed by atoms with E-state index >= 15 is 0 Å². The van der Waals surface area contributed by atoms with Gasteiger partial charge in [0.15, 0.2) is 0 Å². The minimum atomic E-state index is -0.599. The summed E-state index contributed by atoms with van der Waals surface area (Å²) in [5, 5.41) is 11.0. The molecule has 0 bridgehead atoms. The van der Waals surface area contributed by atoms with E-state index in [1.54, 1.807) is 17.0 Å². The fourth-order valence-electron chi connectivity index (χ4n) is 2.84. The van der Waals surface area contributed by atoms with Crippen LogP contribution < -0.4 is 10.6 Å². The zero-order chi connectivity index (χ0) is 18.0. The van der Waals surface area contributed by atoms with E-state index in [4.69, 9.17) is 5.73 Å². The zero-order valence-electron chi connectivity index (χ0n) is 13.4. The number of nitrogens with zero attached hydrogens (tertiary/aromatic N) is 3. The lowest BCUT2D eigenvalue weighted by atomic mass is 10.1. The molecule has 0 atom stereocenters. The van der Waals surface area contributed by atoms with Crippen LogP contribution in [0.1, 0.15) is 10.4 Å². The van der Waals surface area contributed by atoms with Gasteiger partial charge in [0.2, 0.25) is 0 Å². The number of rotatable bonds is 3. The van der Waals surface area contributed by atoms with Crippen molar-refractivity contribution in [1.29, 1.82) is 0 Å². The number of carbonyl (C=O) groups excluding carboxylic acids is 1. The molecule has 2 aromatic rings. The molecule has 25 heavy (non-hydrogen) atoms. The highest BCUT2D eigenvalue weighted by atomic mass is 19.1. The summed E-state index contributed by atoms with van der Waals surface area (Å²) in [4.78, 5) is 26.6. The molecule has 1 aliphatic heterocycles. The quantitative estimate of drug-likeness (QED) is 0.524. The third kappa shape index (κ3) is 3.52. The van der Waals surface area contributed by atoms with Gasteiger partial charge >= 0.3 is 0 Å². The van der Waals surface area contributed by atoms with Gasteiger partial charge < -0.3 is 15.5 Å². The SMILES string of the molecule is Nc1ccc(C(=O)N2CCN(c3ccc(F)cc3)CC2)cc1[N+](=O)[O-]. The molecule has 0 aliphatic carbocycles. The Balaban J connectivity index is 1.68. The largest absolute Gasteiger partial charge is 0.393 e. The molecule has 2 N–H and O–H groups in total. The maximum absolute atomic E-state index is 13.0. The summed E-state index contributed by atoms with van der Waals surface area (Å²) >= 11 is 0. The highest BCUT2D eigenvalue weighted by molar-refractivity contribution is 5.95. The number of hydrogen-bond acceptors (Lipinski definition) is 5. The molecule has 0 radical (unpaired) electrons. The molecule has 2 aromatic carbocycles. The molecule has 1 amide bonds. The van der Waals surface area contributed by atoms with Crippen LogP contribution in [-0.4, -0.2) is 41.9 Å². The van der Waals surface area contributed by atoms with Gasteiger partial charge in [-0.05, 0) is 36.4 Å². The van der Waals surface area contributed by atoms with Crippen LogP contribution in [0, 0.1) is 15.9 Å². The molecule has 0 saturated carbocycles. The molecule has 1 saturated heterocycles. The molecule has 0 unspecified atom stereocenters. The van der Waals surface area contributed by atoms with E-state index in [1.807, 2.05) is 0 Å².